The van der Waals surface area contributed by atoms with E-state index in [2.05, 4.69) is 9.88 Å². The third-order valence-corrected chi connectivity index (χ3v) is 5.77. The number of ether oxygens (including phenoxy) is 1. The van der Waals surface area contributed by atoms with Gasteiger partial charge in [-0.3, -0.25) is 14.5 Å². The molecule has 0 bridgehead atoms. The fraction of sp³-hybridized carbons (Fsp3) is 0.750. The summed E-state index contributed by atoms with van der Waals surface area (Å²) < 4.78 is 6.14. The molecular formula is C16H23N3O3S. The molecule has 1 aromatic rings. The van der Waals surface area contributed by atoms with Crippen LogP contribution in [0.15, 0.2) is 11.6 Å². The number of nitrogens with zero attached hydrogens (tertiary/aromatic N) is 3. The number of hydroxylamine groups is 2. The summed E-state index contributed by atoms with van der Waals surface area (Å²) in [5, 5.41) is 4.70. The maximum atomic E-state index is 12.5. The molecule has 3 atom stereocenters. The Morgan fingerprint density at radius 1 is 1.30 bits per heavy atom. The Balaban J connectivity index is 1.34. The highest BCUT2D eigenvalue weighted by atomic mass is 32.1. The summed E-state index contributed by atoms with van der Waals surface area (Å²) in [6.07, 6.45) is 6.56. The van der Waals surface area contributed by atoms with Gasteiger partial charge in [-0.1, -0.05) is 0 Å². The molecule has 3 aliphatic rings. The van der Waals surface area contributed by atoms with Crippen LogP contribution in [-0.4, -0.2) is 58.8 Å². The van der Waals surface area contributed by atoms with Crippen LogP contribution in [0.3, 0.4) is 0 Å². The van der Waals surface area contributed by atoms with E-state index in [9.17, 15) is 4.79 Å². The lowest BCUT2D eigenvalue weighted by atomic mass is 9.98. The first-order chi connectivity index (χ1) is 11.3. The number of hydrogen-bond donors (Lipinski definition) is 0. The summed E-state index contributed by atoms with van der Waals surface area (Å²) in [4.78, 5) is 24.9. The second kappa shape index (κ2) is 6.84. The van der Waals surface area contributed by atoms with Gasteiger partial charge in [0.1, 0.15) is 11.1 Å². The van der Waals surface area contributed by atoms with E-state index in [1.54, 1.807) is 11.3 Å². The van der Waals surface area contributed by atoms with Gasteiger partial charge in [0.25, 0.3) is 5.91 Å². The van der Waals surface area contributed by atoms with Crippen molar-refractivity contribution < 1.29 is 14.4 Å². The van der Waals surface area contributed by atoms with Gasteiger partial charge in [0.2, 0.25) is 0 Å². The fourth-order valence-corrected chi connectivity index (χ4v) is 4.47. The highest BCUT2D eigenvalue weighted by Crippen LogP contribution is 2.33. The van der Waals surface area contributed by atoms with Crippen LogP contribution in [0.4, 0.5) is 0 Å². The number of thiazole rings is 1. The van der Waals surface area contributed by atoms with Gasteiger partial charge in [0.05, 0.1) is 19.3 Å². The van der Waals surface area contributed by atoms with E-state index in [0.717, 1.165) is 50.2 Å². The Kier molecular flexibility index (Phi) is 4.61. The zero-order valence-corrected chi connectivity index (χ0v) is 14.0. The van der Waals surface area contributed by atoms with Gasteiger partial charge in [-0.2, -0.15) is 0 Å². The Morgan fingerprint density at radius 3 is 3.04 bits per heavy atom. The van der Waals surface area contributed by atoms with Crippen molar-refractivity contribution in [2.24, 2.45) is 0 Å². The van der Waals surface area contributed by atoms with E-state index in [4.69, 9.17) is 9.57 Å². The molecule has 0 N–H and O–H groups in total. The molecule has 7 heteroatoms. The first kappa shape index (κ1) is 15.5. The summed E-state index contributed by atoms with van der Waals surface area (Å²) in [6, 6.07) is 0.422. The lowest BCUT2D eigenvalue weighted by Gasteiger charge is -2.37. The average Bonchev–Trinajstić information content (AvgIpc) is 3.25. The van der Waals surface area contributed by atoms with E-state index < -0.39 is 0 Å². The quantitative estimate of drug-likeness (QED) is 0.842. The second-order valence-corrected chi connectivity index (χ2v) is 7.45. The maximum Gasteiger partial charge on any atom is 0.275 e. The molecule has 3 saturated heterocycles. The Hall–Kier alpha value is -1.02. The number of amides is 1. The lowest BCUT2D eigenvalue weighted by molar-refractivity contribution is -0.213. The third-order valence-electron chi connectivity index (χ3n) is 5.01. The van der Waals surface area contributed by atoms with Gasteiger partial charge in [0, 0.05) is 30.7 Å². The molecule has 6 nitrogen and oxygen atoms in total. The molecule has 1 aromatic heterocycles. The van der Waals surface area contributed by atoms with E-state index >= 15 is 0 Å². The molecule has 0 radical (unpaired) electrons. The number of rotatable bonds is 3. The van der Waals surface area contributed by atoms with Crippen LogP contribution in [-0.2, 0) is 20.9 Å². The van der Waals surface area contributed by atoms with Crippen molar-refractivity contribution in [1.29, 1.82) is 0 Å². The number of hydrogen-bond acceptors (Lipinski definition) is 6. The molecule has 0 spiro atoms. The number of likely N-dealkylation sites (tertiary alicyclic amines) is 1. The molecular weight excluding hydrogens is 314 g/mol. The first-order valence-corrected chi connectivity index (χ1v) is 9.41. The normalized spacial score (nSPS) is 32.0. The Morgan fingerprint density at radius 2 is 2.26 bits per heavy atom. The molecule has 0 aliphatic carbocycles. The van der Waals surface area contributed by atoms with Crippen LogP contribution in [0.2, 0.25) is 0 Å². The average molecular weight is 337 g/mol. The minimum atomic E-state index is -0.325. The smallest absolute Gasteiger partial charge is 0.275 e. The van der Waals surface area contributed by atoms with Gasteiger partial charge in [-0.15, -0.1) is 11.3 Å². The number of aromatic nitrogens is 1. The van der Waals surface area contributed by atoms with Crippen molar-refractivity contribution in [3.05, 3.63) is 16.6 Å². The predicted octanol–water partition coefficient (Wildman–Crippen LogP) is 1.82. The second-order valence-electron chi connectivity index (χ2n) is 6.47. The van der Waals surface area contributed by atoms with Gasteiger partial charge in [0.15, 0.2) is 0 Å². The van der Waals surface area contributed by atoms with E-state index in [-0.39, 0.29) is 18.1 Å². The molecule has 4 rings (SSSR count). The molecule has 3 fully saturated rings. The van der Waals surface area contributed by atoms with Crippen LogP contribution in [0.1, 0.15) is 37.1 Å². The van der Waals surface area contributed by atoms with Crippen molar-refractivity contribution in [3.8, 4) is 0 Å². The largest absolute Gasteiger partial charge is 0.363 e. The minimum absolute atomic E-state index is 0.0153. The lowest BCUT2D eigenvalue weighted by Crippen LogP contribution is -2.49. The zero-order valence-electron chi connectivity index (χ0n) is 13.2. The van der Waals surface area contributed by atoms with Gasteiger partial charge < -0.3 is 4.74 Å². The summed E-state index contributed by atoms with van der Waals surface area (Å²) in [6.45, 7) is 3.27. The highest BCUT2D eigenvalue weighted by Gasteiger charge is 2.43. The van der Waals surface area contributed by atoms with Gasteiger partial charge >= 0.3 is 0 Å². The Bertz CT molecular complexity index is 533. The standard InChI is InChI=1S/C16H23N3O3S/c20-16(19-7-1-2-9-21-19)14-4-3-12-13(22-14)5-8-18(12)11-15-17-6-10-23-15/h6,10,12-14H,1-5,7-9,11H2/t12-,13-,14-/m0/s1. The van der Waals surface area contributed by atoms with Crippen molar-refractivity contribution in [3.63, 3.8) is 0 Å². The van der Waals surface area contributed by atoms with Crippen LogP contribution in [0, 0.1) is 0 Å². The number of carbonyl (C=O) groups excluding carboxylic acids is 1. The topological polar surface area (TPSA) is 54.9 Å². The fourth-order valence-electron chi connectivity index (χ4n) is 3.83. The number of fused-ring (bicyclic) bond motifs is 1. The van der Waals surface area contributed by atoms with Crippen molar-refractivity contribution in [2.75, 3.05) is 19.7 Å². The molecule has 3 aliphatic heterocycles. The molecule has 126 valence electrons. The third kappa shape index (κ3) is 3.28. The molecule has 0 unspecified atom stereocenters. The highest BCUT2D eigenvalue weighted by molar-refractivity contribution is 7.09. The van der Waals surface area contributed by atoms with Crippen molar-refractivity contribution in [2.45, 2.75) is 56.9 Å². The predicted molar refractivity (Wildman–Crippen MR) is 85.7 cm³/mol. The van der Waals surface area contributed by atoms with Crippen LogP contribution < -0.4 is 0 Å². The minimum Gasteiger partial charge on any atom is -0.363 e. The Labute approximate surface area is 140 Å². The van der Waals surface area contributed by atoms with Gasteiger partial charge in [-0.25, -0.2) is 10.0 Å². The molecule has 23 heavy (non-hydrogen) atoms. The molecule has 0 aromatic carbocycles. The van der Waals surface area contributed by atoms with Crippen molar-refractivity contribution >= 4 is 17.2 Å². The summed E-state index contributed by atoms with van der Waals surface area (Å²) >= 11 is 1.70. The summed E-state index contributed by atoms with van der Waals surface area (Å²) in [7, 11) is 0. The monoisotopic (exact) mass is 337 g/mol. The van der Waals surface area contributed by atoms with Crippen LogP contribution >= 0.6 is 11.3 Å². The zero-order chi connectivity index (χ0) is 15.6. The van der Waals surface area contributed by atoms with E-state index in [0.29, 0.717) is 19.2 Å². The first-order valence-electron chi connectivity index (χ1n) is 8.53. The van der Waals surface area contributed by atoms with Gasteiger partial charge in [-0.05, 0) is 32.1 Å². The van der Waals surface area contributed by atoms with E-state index in [1.165, 1.54) is 5.06 Å². The summed E-state index contributed by atoms with van der Waals surface area (Å²) in [5.74, 6) is 0.0153. The van der Waals surface area contributed by atoms with E-state index in [1.807, 2.05) is 11.6 Å². The molecule has 0 saturated carbocycles. The maximum absolute atomic E-state index is 12.5. The van der Waals surface area contributed by atoms with Crippen LogP contribution in [0.25, 0.3) is 0 Å². The molecule has 4 heterocycles. The van der Waals surface area contributed by atoms with Crippen molar-refractivity contribution in [1.82, 2.24) is 14.9 Å². The van der Waals surface area contributed by atoms with Crippen LogP contribution in [0.5, 0.6) is 0 Å². The molecule has 1 amide bonds. The number of carbonyl (C=O) groups is 1. The summed E-state index contributed by atoms with van der Waals surface area (Å²) in [5.41, 5.74) is 0. The SMILES string of the molecule is O=C([C@@H]1CC[C@H]2[C@H](CCN2Cc2nccs2)O1)N1CCCCO1.